The monoisotopic (exact) mass is 648 g/mol. The largest absolute Gasteiger partial charge is 0.469 e. The second-order valence-corrected chi connectivity index (χ2v) is 11.8. The molecule has 0 saturated carbocycles. The van der Waals surface area contributed by atoms with E-state index in [9.17, 15) is 13.5 Å². The Morgan fingerprint density at radius 3 is 2.16 bits per heavy atom. The molecular formula is C20H24F2N10O9P2. The smallest absolute Gasteiger partial charge is 0.382 e. The van der Waals surface area contributed by atoms with E-state index in [0.29, 0.717) is 0 Å². The molecule has 1 unspecified atom stereocenters. The van der Waals surface area contributed by atoms with E-state index < -0.39 is 72.4 Å². The number of rotatable bonds is 10. The quantitative estimate of drug-likeness (QED) is 0.171. The zero-order valence-corrected chi connectivity index (χ0v) is 23.6. The third kappa shape index (κ3) is 5.95. The van der Waals surface area contributed by atoms with E-state index in [1.165, 1.54) is 28.1 Å². The summed E-state index contributed by atoms with van der Waals surface area (Å²) in [5.41, 5.74) is 12.4. The van der Waals surface area contributed by atoms with Crippen molar-refractivity contribution in [3.05, 3.63) is 25.3 Å². The van der Waals surface area contributed by atoms with Crippen molar-refractivity contribution in [2.24, 2.45) is 0 Å². The first kappa shape index (κ1) is 29.8. The number of fused-ring (bicyclic) bond motifs is 2. The highest BCUT2D eigenvalue weighted by atomic mass is 31.2. The van der Waals surface area contributed by atoms with Gasteiger partial charge in [-0.3, -0.25) is 18.2 Å². The molecule has 6 N–H and O–H groups in total. The lowest BCUT2D eigenvalue weighted by atomic mass is 10.1. The third-order valence-corrected chi connectivity index (χ3v) is 8.10. The molecule has 2 aliphatic rings. The standard InChI is InChI=1S/C20H24F2N10O9P2/c21-9-1-8(39-19(9)31-6-29-12-15(23)25-4-27-17(12)31)2-37-42(33)41-14-10(3-38-43(34,35)36)40-20(11(14)22)32-7-30-13-16(24)26-5-28-18(13)32/h4-11,14,19-20,42H,1-3H2,(H2,23,25,27)(H2,24,26,28)(H2,34,35,36)/t8-,9+,10+,11+,14+,19+,20+/m0/s1. The van der Waals surface area contributed by atoms with Crippen molar-refractivity contribution in [2.75, 3.05) is 24.7 Å². The Bertz CT molecular complexity index is 1710. The number of ether oxygens (including phenoxy) is 2. The molecule has 0 aromatic carbocycles. The summed E-state index contributed by atoms with van der Waals surface area (Å²) in [5, 5.41) is 0. The molecule has 232 valence electrons. The van der Waals surface area contributed by atoms with Crippen molar-refractivity contribution in [1.29, 1.82) is 0 Å². The van der Waals surface area contributed by atoms with E-state index in [2.05, 4.69) is 34.4 Å². The van der Waals surface area contributed by atoms with Crippen molar-refractivity contribution in [1.82, 2.24) is 39.0 Å². The van der Waals surface area contributed by atoms with Gasteiger partial charge in [-0.25, -0.2) is 43.2 Å². The van der Waals surface area contributed by atoms with E-state index >= 15 is 4.39 Å². The lowest BCUT2D eigenvalue weighted by Crippen LogP contribution is -2.33. The van der Waals surface area contributed by atoms with Crippen molar-refractivity contribution in [3.63, 3.8) is 0 Å². The Morgan fingerprint density at radius 1 is 0.953 bits per heavy atom. The fourth-order valence-electron chi connectivity index (χ4n) is 4.83. The van der Waals surface area contributed by atoms with Gasteiger partial charge in [-0.15, -0.1) is 0 Å². The highest BCUT2D eigenvalue weighted by Crippen LogP contribution is 2.44. The molecule has 4 aromatic heterocycles. The second kappa shape index (κ2) is 11.7. The number of halogens is 2. The Hall–Kier alpha value is -3.26. The van der Waals surface area contributed by atoms with E-state index in [1.54, 1.807) is 0 Å². The average Bonchev–Trinajstić information content (AvgIpc) is 3.72. The lowest BCUT2D eigenvalue weighted by Gasteiger charge is -2.20. The maximum atomic E-state index is 15.7. The summed E-state index contributed by atoms with van der Waals surface area (Å²) < 4.78 is 83.7. The highest BCUT2D eigenvalue weighted by Gasteiger charge is 2.49. The Morgan fingerprint density at radius 2 is 1.56 bits per heavy atom. The first-order chi connectivity index (χ1) is 20.5. The number of nitrogen functional groups attached to an aromatic ring is 2. The van der Waals surface area contributed by atoms with Crippen molar-refractivity contribution in [2.45, 2.75) is 49.5 Å². The number of aromatic nitrogens is 8. The number of nitrogens with zero attached hydrogens (tertiary/aromatic N) is 8. The van der Waals surface area contributed by atoms with E-state index in [-0.39, 0.29) is 40.4 Å². The first-order valence-electron chi connectivity index (χ1n) is 12.5. The van der Waals surface area contributed by atoms with Gasteiger partial charge in [0.2, 0.25) is 0 Å². The number of hydrogen-bond acceptors (Lipinski definition) is 15. The summed E-state index contributed by atoms with van der Waals surface area (Å²) in [6, 6.07) is 0. The number of hydrogen-bond donors (Lipinski definition) is 4. The van der Waals surface area contributed by atoms with Gasteiger partial charge in [-0.2, -0.15) is 0 Å². The van der Waals surface area contributed by atoms with Crippen LogP contribution >= 0.6 is 16.1 Å². The van der Waals surface area contributed by atoms with Gasteiger partial charge in [0.1, 0.15) is 42.1 Å². The number of anilines is 2. The van der Waals surface area contributed by atoms with Crippen LogP contribution in [0.4, 0.5) is 20.4 Å². The van der Waals surface area contributed by atoms with Gasteiger partial charge in [0.25, 0.3) is 0 Å². The molecule has 43 heavy (non-hydrogen) atoms. The molecule has 6 heterocycles. The number of alkyl halides is 2. The van der Waals surface area contributed by atoms with Gasteiger partial charge >= 0.3 is 16.1 Å². The van der Waals surface area contributed by atoms with E-state index in [0.717, 1.165) is 6.33 Å². The van der Waals surface area contributed by atoms with Crippen LogP contribution in [-0.2, 0) is 32.2 Å². The van der Waals surface area contributed by atoms with Gasteiger partial charge in [-0.05, 0) is 0 Å². The summed E-state index contributed by atoms with van der Waals surface area (Å²) in [7, 11) is -8.49. The van der Waals surface area contributed by atoms with Gasteiger partial charge in [-0.1, -0.05) is 0 Å². The zero-order chi connectivity index (χ0) is 30.5. The second-order valence-electron chi connectivity index (χ2n) is 9.51. The van der Waals surface area contributed by atoms with E-state index in [4.69, 9.17) is 39.8 Å². The predicted molar refractivity (Wildman–Crippen MR) is 140 cm³/mol. The molecule has 2 saturated heterocycles. The summed E-state index contributed by atoms with van der Waals surface area (Å²) >= 11 is 0. The molecule has 0 amide bonds. The van der Waals surface area contributed by atoms with Crippen LogP contribution in [0.5, 0.6) is 0 Å². The van der Waals surface area contributed by atoms with Crippen LogP contribution in [0.25, 0.3) is 22.3 Å². The van der Waals surface area contributed by atoms with Gasteiger partial charge in [0.15, 0.2) is 41.6 Å². The van der Waals surface area contributed by atoms with Crippen LogP contribution in [-0.4, -0.2) is 92.7 Å². The maximum absolute atomic E-state index is 15.7. The summed E-state index contributed by atoms with van der Waals surface area (Å²) in [5.74, 6) is 0.135. The van der Waals surface area contributed by atoms with Gasteiger partial charge in [0, 0.05) is 6.42 Å². The fraction of sp³-hybridized carbons (Fsp3) is 0.500. The summed E-state index contributed by atoms with van der Waals surface area (Å²) in [6.45, 7) is -1.22. The minimum atomic E-state index is -4.99. The van der Waals surface area contributed by atoms with Gasteiger partial charge in [0.05, 0.1) is 32.0 Å². The van der Waals surface area contributed by atoms with Crippen LogP contribution in [0, 0.1) is 0 Å². The van der Waals surface area contributed by atoms with Gasteiger partial charge < -0.3 is 39.8 Å². The van der Waals surface area contributed by atoms with Crippen LogP contribution in [0.2, 0.25) is 0 Å². The molecule has 0 bridgehead atoms. The number of phosphoric acid groups is 1. The minimum absolute atomic E-state index is 0.0234. The summed E-state index contributed by atoms with van der Waals surface area (Å²) in [6.07, 6.45) is -5.52. The highest BCUT2D eigenvalue weighted by molar-refractivity contribution is 7.46. The van der Waals surface area contributed by atoms with Crippen molar-refractivity contribution < 1.29 is 50.7 Å². The topological polar surface area (TPSA) is 260 Å². The molecule has 23 heteroatoms. The molecule has 6 rings (SSSR count). The first-order valence-corrected chi connectivity index (χ1v) is 15.2. The van der Waals surface area contributed by atoms with E-state index in [1.807, 2.05) is 0 Å². The van der Waals surface area contributed by atoms with Crippen molar-refractivity contribution in [3.8, 4) is 0 Å². The lowest BCUT2D eigenvalue weighted by molar-refractivity contribution is -0.0455. The molecule has 0 radical (unpaired) electrons. The maximum Gasteiger partial charge on any atom is 0.469 e. The van der Waals surface area contributed by atoms with Crippen LogP contribution in [0.1, 0.15) is 18.9 Å². The average molecular weight is 648 g/mol. The number of imidazole rings is 2. The minimum Gasteiger partial charge on any atom is -0.382 e. The van der Waals surface area contributed by atoms with Crippen LogP contribution in [0.3, 0.4) is 0 Å². The number of nitrogens with two attached hydrogens (primary N) is 2. The zero-order valence-electron chi connectivity index (χ0n) is 21.7. The van der Waals surface area contributed by atoms with Crippen LogP contribution < -0.4 is 11.5 Å². The molecule has 8 atom stereocenters. The molecular weight excluding hydrogens is 624 g/mol. The van der Waals surface area contributed by atoms with Crippen LogP contribution in [0.15, 0.2) is 25.3 Å². The molecule has 2 fully saturated rings. The number of phosphoric ester groups is 1. The normalized spacial score (nSPS) is 28.7. The summed E-state index contributed by atoms with van der Waals surface area (Å²) in [4.78, 5) is 42.1. The Kier molecular flexibility index (Phi) is 8.09. The predicted octanol–water partition coefficient (Wildman–Crippen LogP) is 0.592. The third-order valence-electron chi connectivity index (χ3n) is 6.75. The molecule has 0 spiro atoms. The molecule has 19 nitrogen and oxygen atoms in total. The Labute approximate surface area is 239 Å². The van der Waals surface area contributed by atoms with Crippen molar-refractivity contribution >= 4 is 50.0 Å². The SMILES string of the molecule is Nc1ncnc2c1ncn2[C@@H]1O[C@H](COP(=O)(O)O)[C@@H](O[PH](=O)OC[C@@H]2C[C@@H](F)[C@H](n3cnc4c(N)ncnc43)O2)[C@H]1F. The fourth-order valence-corrected chi connectivity index (χ4v) is 6.07. The molecule has 0 aliphatic carbocycles. The Balaban J connectivity index is 1.12. The molecule has 2 aliphatic heterocycles. The molecule has 4 aromatic rings.